The van der Waals surface area contributed by atoms with Crippen LogP contribution in [-0.2, 0) is 14.4 Å². The summed E-state index contributed by atoms with van der Waals surface area (Å²) < 4.78 is 0. The molecule has 0 aromatic carbocycles. The van der Waals surface area contributed by atoms with Gasteiger partial charge in [0.05, 0.1) is 5.97 Å². The van der Waals surface area contributed by atoms with Crippen LogP contribution >= 0.6 is 0 Å². The van der Waals surface area contributed by atoms with Gasteiger partial charge >= 0.3 is 88.7 Å². The minimum absolute atomic E-state index is 0. The molecule has 11 heteroatoms. The predicted octanol–water partition coefficient (Wildman–Crippen LogP) is -17.2. The first-order valence-electron chi connectivity index (χ1n) is 3.11. The minimum Gasteiger partial charge on any atom is -1.00 e. The van der Waals surface area contributed by atoms with Gasteiger partial charge in [-0.1, -0.05) is 0 Å². The first-order chi connectivity index (χ1) is 5.78. The number of rotatable bonds is 5. The molecule has 0 saturated heterocycles. The molecule has 0 amide bonds. The Hall–Kier alpha value is 1.66. The van der Waals surface area contributed by atoms with E-state index in [4.69, 9.17) is 5.11 Å². The Balaban J connectivity index is -0.000000120. The Morgan fingerprint density at radius 1 is 0.882 bits per heavy atom. The van der Waals surface area contributed by atoms with Crippen LogP contribution in [-0.4, -0.2) is 28.6 Å². The fourth-order valence-corrected chi connectivity index (χ4v) is 0.684. The average molecular weight is 294 g/mol. The van der Waals surface area contributed by atoms with Crippen LogP contribution in [0.1, 0.15) is 12.8 Å². The second kappa shape index (κ2) is 14.1. The summed E-state index contributed by atoms with van der Waals surface area (Å²) >= 11 is 0. The van der Waals surface area contributed by atoms with Crippen molar-refractivity contribution in [1.29, 1.82) is 0 Å². The van der Waals surface area contributed by atoms with E-state index >= 15 is 0 Å². The Morgan fingerprint density at radius 3 is 1.24 bits per heavy atom. The van der Waals surface area contributed by atoms with Gasteiger partial charge in [-0.15, -0.1) is 0 Å². The second-order valence-electron chi connectivity index (χ2n) is 2.42. The van der Waals surface area contributed by atoms with Crippen LogP contribution < -0.4 is 116 Å². The number of hydrogen-bond acceptors (Lipinski definition) is 7. The number of carboxylic acid groups (broad SMARTS) is 3. The van der Waals surface area contributed by atoms with Gasteiger partial charge < -0.3 is 47.2 Å². The molecule has 1 N–H and O–H groups in total. The molecule has 0 aliphatic heterocycles. The van der Waals surface area contributed by atoms with Crippen LogP contribution in [0.5, 0.6) is 0 Å². The van der Waals surface area contributed by atoms with Crippen LogP contribution in [0.4, 0.5) is 0 Å². The van der Waals surface area contributed by atoms with Crippen molar-refractivity contribution in [2.45, 2.75) is 18.4 Å². The molecule has 0 rings (SSSR count). The van der Waals surface area contributed by atoms with E-state index in [9.17, 15) is 29.7 Å². The quantitative estimate of drug-likeness (QED) is 0.496. The summed E-state index contributed by atoms with van der Waals surface area (Å²) in [5, 5.41) is 38.9. The van der Waals surface area contributed by atoms with Gasteiger partial charge in [-0.2, -0.15) is 0 Å². The normalized spacial score (nSPS) is 8.29. The SMILES string of the molecule is O=C([O-])CC(O)(CC(=O)[O-])C(=O)[O-].[Cl-].[Na+].[Na+].[Na+]. The van der Waals surface area contributed by atoms with Crippen molar-refractivity contribution in [2.24, 2.45) is 0 Å². The van der Waals surface area contributed by atoms with Crippen molar-refractivity contribution in [1.82, 2.24) is 0 Å². The van der Waals surface area contributed by atoms with E-state index in [2.05, 4.69) is 0 Å². The summed E-state index contributed by atoms with van der Waals surface area (Å²) in [6.07, 6.45) is -2.72. The third kappa shape index (κ3) is 13.9. The van der Waals surface area contributed by atoms with Crippen molar-refractivity contribution in [3.63, 3.8) is 0 Å². The van der Waals surface area contributed by atoms with E-state index in [1.807, 2.05) is 0 Å². The van der Waals surface area contributed by atoms with Crippen molar-refractivity contribution in [2.75, 3.05) is 0 Å². The predicted molar refractivity (Wildman–Crippen MR) is 29.2 cm³/mol. The molecule has 7 nitrogen and oxygen atoms in total. The molecular weight excluding hydrogens is 288 g/mol. The van der Waals surface area contributed by atoms with E-state index < -0.39 is 36.4 Å². The standard InChI is InChI=1S/C6H8O7.ClH.3Na/c7-3(8)1-6(13,5(11)12)2-4(9)10;;;;/h13H,1-2H2,(H,7,8)(H,9,10)(H,11,12);1H;;;/q;;3*+1/p-4. The Kier molecular flexibility index (Phi) is 25.8. The second-order valence-corrected chi connectivity index (χ2v) is 2.42. The van der Waals surface area contributed by atoms with Crippen molar-refractivity contribution >= 4 is 17.9 Å². The van der Waals surface area contributed by atoms with E-state index in [1.165, 1.54) is 0 Å². The monoisotopic (exact) mass is 293 g/mol. The molecule has 17 heavy (non-hydrogen) atoms. The summed E-state index contributed by atoms with van der Waals surface area (Å²) in [5.74, 6) is -5.98. The molecule has 0 fully saturated rings. The fourth-order valence-electron chi connectivity index (χ4n) is 0.684. The average Bonchev–Trinajstić information content (AvgIpc) is 1.82. The third-order valence-corrected chi connectivity index (χ3v) is 1.25. The van der Waals surface area contributed by atoms with Crippen LogP contribution in [0.3, 0.4) is 0 Å². The van der Waals surface area contributed by atoms with Gasteiger partial charge in [0, 0.05) is 24.8 Å². The zero-order valence-corrected chi connectivity index (χ0v) is 16.4. The maximum absolute atomic E-state index is 10.1. The van der Waals surface area contributed by atoms with Crippen LogP contribution in [0.25, 0.3) is 0 Å². The number of hydrogen-bond donors (Lipinski definition) is 1. The smallest absolute Gasteiger partial charge is 1.00 e. The molecule has 82 valence electrons. The van der Waals surface area contributed by atoms with E-state index in [1.54, 1.807) is 0 Å². The first kappa shape index (κ1) is 31.2. The molecule has 0 heterocycles. The van der Waals surface area contributed by atoms with Gasteiger partial charge in [0.1, 0.15) is 5.60 Å². The molecule has 0 aliphatic rings. The zero-order chi connectivity index (χ0) is 10.6. The van der Waals surface area contributed by atoms with E-state index in [0.717, 1.165) is 0 Å². The molecule has 0 spiro atoms. The Morgan fingerprint density at radius 2 is 1.12 bits per heavy atom. The van der Waals surface area contributed by atoms with Crippen LogP contribution in [0, 0.1) is 0 Å². The van der Waals surface area contributed by atoms with Gasteiger partial charge in [-0.3, -0.25) is 0 Å². The van der Waals surface area contributed by atoms with Gasteiger partial charge in [0.2, 0.25) is 0 Å². The van der Waals surface area contributed by atoms with Gasteiger partial charge in [-0.05, 0) is 0 Å². The number of carbonyl (C=O) groups is 3. The fraction of sp³-hybridized carbons (Fsp3) is 0.500. The molecule has 0 saturated carbocycles. The maximum Gasteiger partial charge on any atom is 1.00 e. The van der Waals surface area contributed by atoms with Crippen LogP contribution in [0.15, 0.2) is 0 Å². The number of carboxylic acids is 3. The molecule has 0 unspecified atom stereocenters. The number of carbonyl (C=O) groups excluding carboxylic acids is 3. The van der Waals surface area contributed by atoms with Crippen LogP contribution in [0.2, 0.25) is 0 Å². The van der Waals surface area contributed by atoms with Gasteiger partial charge in [0.15, 0.2) is 0 Å². The summed E-state index contributed by atoms with van der Waals surface area (Å²) in [6, 6.07) is 0. The summed E-state index contributed by atoms with van der Waals surface area (Å²) in [5.41, 5.74) is -2.97. The minimum atomic E-state index is -2.97. The Labute approximate surface area is 170 Å². The third-order valence-electron chi connectivity index (χ3n) is 1.25. The Bertz CT molecular complexity index is 244. The maximum atomic E-state index is 10.1. The van der Waals surface area contributed by atoms with Gasteiger partial charge in [0.25, 0.3) is 0 Å². The van der Waals surface area contributed by atoms with Crippen molar-refractivity contribution in [3.8, 4) is 0 Å². The molecule has 0 aromatic heterocycles. The molecular formula is C6H5ClNa3O7-. The van der Waals surface area contributed by atoms with E-state index in [0.29, 0.717) is 0 Å². The van der Waals surface area contributed by atoms with Crippen molar-refractivity contribution in [3.05, 3.63) is 0 Å². The summed E-state index contributed by atoms with van der Waals surface area (Å²) in [6.45, 7) is 0. The zero-order valence-electron chi connectivity index (χ0n) is 9.69. The topological polar surface area (TPSA) is 141 Å². The number of aliphatic hydroxyl groups is 1. The number of aliphatic carboxylic acids is 3. The molecule has 0 atom stereocenters. The molecule has 0 aliphatic carbocycles. The number of halogens is 1. The van der Waals surface area contributed by atoms with Crippen molar-refractivity contribution < 1.29 is 136 Å². The summed E-state index contributed by atoms with van der Waals surface area (Å²) in [4.78, 5) is 30.0. The van der Waals surface area contributed by atoms with E-state index in [-0.39, 0.29) is 101 Å². The first-order valence-corrected chi connectivity index (χ1v) is 3.11. The molecule has 0 bridgehead atoms. The summed E-state index contributed by atoms with van der Waals surface area (Å²) in [7, 11) is 0. The van der Waals surface area contributed by atoms with Gasteiger partial charge in [-0.25, -0.2) is 0 Å². The molecule has 0 radical (unpaired) electrons. The largest absolute Gasteiger partial charge is 1.00 e. The molecule has 0 aromatic rings.